The molecule has 4 nitrogen and oxygen atoms in total. The van der Waals surface area contributed by atoms with Gasteiger partial charge in [0.1, 0.15) is 11.4 Å². The van der Waals surface area contributed by atoms with Crippen LogP contribution in [0.4, 0.5) is 5.69 Å². The van der Waals surface area contributed by atoms with Gasteiger partial charge in [0.2, 0.25) is 0 Å². The van der Waals surface area contributed by atoms with Crippen LogP contribution in [0.25, 0.3) is 0 Å². The topological polar surface area (TPSA) is 54.3 Å². The van der Waals surface area contributed by atoms with Crippen molar-refractivity contribution in [1.29, 1.82) is 0 Å². The fraction of sp³-hybridized carbons (Fsp3) is 0.214. The van der Waals surface area contributed by atoms with Crippen LogP contribution in [0, 0.1) is 0 Å². The maximum Gasteiger partial charge on any atom is 0.272 e. The molecule has 2 N–H and O–H groups in total. The quantitative estimate of drug-likeness (QED) is 0.813. The fourth-order valence-corrected chi connectivity index (χ4v) is 2.00. The molecule has 2 aromatic rings. The van der Waals surface area contributed by atoms with Crippen molar-refractivity contribution in [2.45, 2.75) is 18.9 Å². The van der Waals surface area contributed by atoms with Gasteiger partial charge in [-0.2, -0.15) is 0 Å². The lowest BCUT2D eigenvalue weighted by Crippen LogP contribution is -2.16. The van der Waals surface area contributed by atoms with Gasteiger partial charge in [-0.05, 0) is 49.2 Å². The van der Waals surface area contributed by atoms with Crippen molar-refractivity contribution >= 4 is 11.6 Å². The molecule has 3 rings (SSSR count). The summed E-state index contributed by atoms with van der Waals surface area (Å²) in [5.41, 5.74) is 1.37. The molecule has 0 bridgehead atoms. The third-order valence-electron chi connectivity index (χ3n) is 3.08. The molecule has 1 amide bonds. The monoisotopic (exact) mass is 242 g/mol. The summed E-state index contributed by atoms with van der Waals surface area (Å²) in [6, 6.07) is 10.7. The number of aromatic nitrogens is 1. The van der Waals surface area contributed by atoms with Crippen LogP contribution in [0.5, 0.6) is 5.75 Å². The highest BCUT2D eigenvalue weighted by molar-refractivity contribution is 6.03. The van der Waals surface area contributed by atoms with Crippen LogP contribution in [-0.2, 0) is 0 Å². The van der Waals surface area contributed by atoms with Gasteiger partial charge in [0.05, 0.1) is 0 Å². The number of rotatable bonds is 3. The molecular weight excluding hydrogens is 228 g/mol. The lowest BCUT2D eigenvalue weighted by molar-refractivity contribution is 0.101. The van der Waals surface area contributed by atoms with Crippen LogP contribution in [-0.4, -0.2) is 15.6 Å². The van der Waals surface area contributed by atoms with E-state index in [0.29, 0.717) is 17.4 Å². The fourth-order valence-electron chi connectivity index (χ4n) is 2.00. The first-order valence-electron chi connectivity index (χ1n) is 6.01. The molecule has 1 aliphatic carbocycles. The van der Waals surface area contributed by atoms with Gasteiger partial charge in [0, 0.05) is 17.9 Å². The molecule has 0 aliphatic heterocycles. The molecule has 1 fully saturated rings. The molecule has 4 heteroatoms. The van der Waals surface area contributed by atoms with E-state index in [4.69, 9.17) is 0 Å². The third kappa shape index (κ3) is 2.09. The van der Waals surface area contributed by atoms with Crippen LogP contribution in [0.3, 0.4) is 0 Å². The molecular formula is C14H14N2O2. The standard InChI is InChI=1S/C14H14N2O2/c17-12-7-3-10(4-8-12)15-14(18)13-2-1-9-16(13)11-5-6-11/h1-4,7-9,11,17H,5-6H2,(H,15,18). The molecule has 1 aromatic heterocycles. The highest BCUT2D eigenvalue weighted by atomic mass is 16.3. The van der Waals surface area contributed by atoms with Crippen LogP contribution < -0.4 is 5.32 Å². The smallest absolute Gasteiger partial charge is 0.272 e. The summed E-state index contributed by atoms with van der Waals surface area (Å²) in [5, 5.41) is 12.0. The number of anilines is 1. The van der Waals surface area contributed by atoms with E-state index in [2.05, 4.69) is 5.32 Å². The largest absolute Gasteiger partial charge is 0.508 e. The minimum absolute atomic E-state index is 0.113. The first-order chi connectivity index (χ1) is 8.74. The molecule has 1 saturated carbocycles. The molecule has 0 unspecified atom stereocenters. The summed E-state index contributed by atoms with van der Waals surface area (Å²) in [4.78, 5) is 12.1. The Bertz CT molecular complexity index is 568. The maximum absolute atomic E-state index is 12.1. The van der Waals surface area contributed by atoms with Gasteiger partial charge in [0.25, 0.3) is 5.91 Å². The summed E-state index contributed by atoms with van der Waals surface area (Å²) in [6.45, 7) is 0. The number of phenols is 1. The Balaban J connectivity index is 1.78. The Morgan fingerprint density at radius 2 is 1.94 bits per heavy atom. The Morgan fingerprint density at radius 3 is 2.61 bits per heavy atom. The number of nitrogens with one attached hydrogen (secondary N) is 1. The van der Waals surface area contributed by atoms with Crippen LogP contribution >= 0.6 is 0 Å². The average Bonchev–Trinajstić information content (AvgIpc) is 3.09. The van der Waals surface area contributed by atoms with E-state index in [1.54, 1.807) is 24.3 Å². The van der Waals surface area contributed by atoms with Gasteiger partial charge in [-0.15, -0.1) is 0 Å². The molecule has 0 radical (unpaired) electrons. The van der Waals surface area contributed by atoms with Crippen molar-refractivity contribution in [1.82, 2.24) is 4.57 Å². The third-order valence-corrected chi connectivity index (χ3v) is 3.08. The number of aromatic hydroxyl groups is 1. The SMILES string of the molecule is O=C(Nc1ccc(O)cc1)c1cccn1C1CC1. The van der Waals surface area contributed by atoms with Crippen molar-refractivity contribution in [2.75, 3.05) is 5.32 Å². The van der Waals surface area contributed by atoms with Crippen LogP contribution in [0.2, 0.25) is 0 Å². The van der Waals surface area contributed by atoms with Gasteiger partial charge in [-0.1, -0.05) is 0 Å². The van der Waals surface area contributed by atoms with Crippen molar-refractivity contribution in [3.8, 4) is 5.75 Å². The van der Waals surface area contributed by atoms with Crippen molar-refractivity contribution in [2.24, 2.45) is 0 Å². The van der Waals surface area contributed by atoms with E-state index in [-0.39, 0.29) is 11.7 Å². The lowest BCUT2D eigenvalue weighted by atomic mass is 10.3. The zero-order valence-corrected chi connectivity index (χ0v) is 9.84. The predicted molar refractivity (Wildman–Crippen MR) is 68.8 cm³/mol. The number of benzene rings is 1. The minimum atomic E-state index is -0.113. The number of hydrogen-bond donors (Lipinski definition) is 2. The van der Waals surface area contributed by atoms with E-state index >= 15 is 0 Å². The maximum atomic E-state index is 12.1. The van der Waals surface area contributed by atoms with E-state index in [1.165, 1.54) is 0 Å². The molecule has 1 aliphatic rings. The van der Waals surface area contributed by atoms with E-state index < -0.39 is 0 Å². The first kappa shape index (κ1) is 10.9. The van der Waals surface area contributed by atoms with Crippen molar-refractivity contribution in [3.05, 3.63) is 48.3 Å². The minimum Gasteiger partial charge on any atom is -0.508 e. The van der Waals surface area contributed by atoms with Gasteiger partial charge < -0.3 is 15.0 Å². The van der Waals surface area contributed by atoms with Gasteiger partial charge >= 0.3 is 0 Å². The van der Waals surface area contributed by atoms with E-state index in [9.17, 15) is 9.90 Å². The molecule has 18 heavy (non-hydrogen) atoms. The zero-order valence-electron chi connectivity index (χ0n) is 9.84. The van der Waals surface area contributed by atoms with Crippen molar-refractivity contribution < 1.29 is 9.90 Å². The lowest BCUT2D eigenvalue weighted by Gasteiger charge is -2.08. The summed E-state index contributed by atoms with van der Waals surface area (Å²) in [5.74, 6) is 0.0759. The molecule has 0 spiro atoms. The normalized spacial score (nSPS) is 14.4. The molecule has 92 valence electrons. The number of amides is 1. The second-order valence-corrected chi connectivity index (χ2v) is 4.53. The Labute approximate surface area is 105 Å². The van der Waals surface area contributed by atoms with E-state index in [0.717, 1.165) is 12.8 Å². The average molecular weight is 242 g/mol. The molecule has 1 aromatic carbocycles. The molecule has 1 heterocycles. The predicted octanol–water partition coefficient (Wildman–Crippen LogP) is 2.78. The summed E-state index contributed by atoms with van der Waals surface area (Å²) in [6.07, 6.45) is 4.24. The number of hydrogen-bond acceptors (Lipinski definition) is 2. The van der Waals surface area contributed by atoms with E-state index in [1.807, 2.05) is 22.9 Å². The van der Waals surface area contributed by atoms with Crippen molar-refractivity contribution in [3.63, 3.8) is 0 Å². The molecule has 0 atom stereocenters. The number of phenolic OH excluding ortho intramolecular Hbond substituents is 1. The van der Waals surface area contributed by atoms with Gasteiger partial charge in [-0.3, -0.25) is 4.79 Å². The summed E-state index contributed by atoms with van der Waals surface area (Å²) >= 11 is 0. The van der Waals surface area contributed by atoms with Crippen LogP contribution in [0.15, 0.2) is 42.6 Å². The Morgan fingerprint density at radius 1 is 1.22 bits per heavy atom. The Hall–Kier alpha value is -2.23. The zero-order chi connectivity index (χ0) is 12.5. The Kier molecular flexibility index (Phi) is 2.55. The number of carbonyl (C=O) groups is 1. The van der Waals surface area contributed by atoms with Crippen LogP contribution in [0.1, 0.15) is 29.4 Å². The summed E-state index contributed by atoms with van der Waals surface area (Å²) < 4.78 is 2.02. The highest BCUT2D eigenvalue weighted by Crippen LogP contribution is 2.36. The summed E-state index contributed by atoms with van der Waals surface area (Å²) in [7, 11) is 0. The number of carbonyl (C=O) groups excluding carboxylic acids is 1. The highest BCUT2D eigenvalue weighted by Gasteiger charge is 2.26. The second-order valence-electron chi connectivity index (χ2n) is 4.53. The first-order valence-corrected chi connectivity index (χ1v) is 6.01. The second kappa shape index (κ2) is 4.22. The van der Waals surface area contributed by atoms with Gasteiger partial charge in [0.15, 0.2) is 0 Å². The molecule has 0 saturated heterocycles. The number of nitrogens with zero attached hydrogens (tertiary/aromatic N) is 1. The van der Waals surface area contributed by atoms with Gasteiger partial charge in [-0.25, -0.2) is 0 Å².